The van der Waals surface area contributed by atoms with Crippen LogP contribution in [-0.2, 0) is 6.54 Å². The molecule has 0 amide bonds. The molecule has 18 heavy (non-hydrogen) atoms. The van der Waals surface area contributed by atoms with E-state index in [1.807, 2.05) is 25.1 Å². The van der Waals surface area contributed by atoms with Gasteiger partial charge in [0.15, 0.2) is 0 Å². The highest BCUT2D eigenvalue weighted by atomic mass is 79.9. The predicted octanol–water partition coefficient (Wildman–Crippen LogP) is 3.11. The van der Waals surface area contributed by atoms with Crippen molar-refractivity contribution in [1.82, 2.24) is 10.2 Å². The average Bonchev–Trinajstić information content (AvgIpc) is 2.35. The number of nitrogens with one attached hydrogen (secondary N) is 2. The van der Waals surface area contributed by atoms with Crippen molar-refractivity contribution in [3.05, 3.63) is 55.4 Å². The molecule has 2 N–H and O–H groups in total. The van der Waals surface area contributed by atoms with Crippen LogP contribution in [0.15, 0.2) is 33.7 Å². The predicted molar refractivity (Wildman–Crippen MR) is 76.1 cm³/mol. The number of aromatic amines is 1. The second-order valence-corrected chi connectivity index (χ2v) is 5.14. The number of rotatable bonds is 3. The summed E-state index contributed by atoms with van der Waals surface area (Å²) in [7, 11) is 0. The molecule has 1 aromatic carbocycles. The summed E-state index contributed by atoms with van der Waals surface area (Å²) < 4.78 is 1.01. The number of nitrogens with zero attached hydrogens (tertiary/aromatic N) is 1. The van der Waals surface area contributed by atoms with E-state index in [9.17, 15) is 4.79 Å². The van der Waals surface area contributed by atoms with Crippen LogP contribution in [0, 0.1) is 6.92 Å². The van der Waals surface area contributed by atoms with Crippen LogP contribution in [0.3, 0.4) is 0 Å². The lowest BCUT2D eigenvalue weighted by Crippen LogP contribution is -2.12. The van der Waals surface area contributed by atoms with Gasteiger partial charge in [0.05, 0.1) is 11.9 Å². The van der Waals surface area contributed by atoms with Crippen LogP contribution in [0.2, 0.25) is 5.02 Å². The van der Waals surface area contributed by atoms with Gasteiger partial charge in [0.25, 0.3) is 5.56 Å². The van der Waals surface area contributed by atoms with Gasteiger partial charge >= 0.3 is 0 Å². The van der Waals surface area contributed by atoms with E-state index in [-0.39, 0.29) is 5.02 Å². The minimum Gasteiger partial charge on any atom is -0.378 e. The lowest BCUT2D eigenvalue weighted by atomic mass is 10.1. The van der Waals surface area contributed by atoms with Crippen molar-refractivity contribution in [3.8, 4) is 0 Å². The van der Waals surface area contributed by atoms with Gasteiger partial charge in [-0.3, -0.25) is 4.79 Å². The summed E-state index contributed by atoms with van der Waals surface area (Å²) >= 11 is 9.30. The molecular weight excluding hydrogens is 318 g/mol. The second-order valence-electron chi connectivity index (χ2n) is 3.85. The molecule has 0 saturated carbocycles. The van der Waals surface area contributed by atoms with E-state index < -0.39 is 5.56 Å². The molecule has 0 radical (unpaired) electrons. The summed E-state index contributed by atoms with van der Waals surface area (Å²) in [5.74, 6) is 0. The van der Waals surface area contributed by atoms with Gasteiger partial charge in [0.2, 0.25) is 0 Å². The number of aromatic nitrogens is 2. The number of H-pyrrole nitrogens is 1. The normalized spacial score (nSPS) is 10.4. The van der Waals surface area contributed by atoms with Crippen LogP contribution in [0.1, 0.15) is 11.1 Å². The van der Waals surface area contributed by atoms with Crippen molar-refractivity contribution in [3.63, 3.8) is 0 Å². The molecular formula is C12H11BrClN3O. The summed E-state index contributed by atoms with van der Waals surface area (Å²) in [5, 5.41) is 9.20. The van der Waals surface area contributed by atoms with E-state index in [1.165, 1.54) is 11.8 Å². The molecule has 0 aliphatic rings. The molecule has 6 heteroatoms. The Morgan fingerprint density at radius 3 is 3.06 bits per heavy atom. The smallest absolute Gasteiger partial charge is 0.285 e. The maximum absolute atomic E-state index is 11.3. The maximum atomic E-state index is 11.3. The number of hydrogen-bond donors (Lipinski definition) is 2. The Hall–Kier alpha value is -1.33. The molecule has 0 saturated heterocycles. The zero-order valence-corrected chi connectivity index (χ0v) is 12.0. The fourth-order valence-electron chi connectivity index (χ4n) is 1.53. The van der Waals surface area contributed by atoms with Gasteiger partial charge in [-0.2, -0.15) is 5.10 Å². The van der Waals surface area contributed by atoms with Gasteiger partial charge < -0.3 is 5.32 Å². The van der Waals surface area contributed by atoms with Crippen LogP contribution in [0.25, 0.3) is 0 Å². The average molecular weight is 329 g/mol. The summed E-state index contributed by atoms with van der Waals surface area (Å²) in [4.78, 5) is 11.3. The molecule has 0 fully saturated rings. The van der Waals surface area contributed by atoms with Gasteiger partial charge in [-0.05, 0) is 30.2 Å². The highest BCUT2D eigenvalue weighted by Crippen LogP contribution is 2.19. The van der Waals surface area contributed by atoms with E-state index >= 15 is 0 Å². The fourth-order valence-corrected chi connectivity index (χ4v) is 2.09. The lowest BCUT2D eigenvalue weighted by molar-refractivity contribution is 0.980. The van der Waals surface area contributed by atoms with Crippen LogP contribution < -0.4 is 10.9 Å². The van der Waals surface area contributed by atoms with Gasteiger partial charge in [-0.15, -0.1) is 0 Å². The van der Waals surface area contributed by atoms with Gasteiger partial charge in [-0.25, -0.2) is 5.10 Å². The molecule has 0 atom stereocenters. The fraction of sp³-hybridized carbons (Fsp3) is 0.167. The van der Waals surface area contributed by atoms with Crippen molar-refractivity contribution in [2.75, 3.05) is 5.32 Å². The van der Waals surface area contributed by atoms with Crippen LogP contribution >= 0.6 is 27.5 Å². The maximum Gasteiger partial charge on any atom is 0.285 e. The first-order valence-corrected chi connectivity index (χ1v) is 6.47. The molecule has 0 spiro atoms. The Morgan fingerprint density at radius 2 is 2.28 bits per heavy atom. The molecule has 0 aliphatic carbocycles. The van der Waals surface area contributed by atoms with Crippen molar-refractivity contribution in [2.24, 2.45) is 0 Å². The second kappa shape index (κ2) is 5.54. The molecule has 2 rings (SSSR count). The molecule has 2 aromatic rings. The minimum absolute atomic E-state index is 0.123. The number of benzene rings is 1. The molecule has 94 valence electrons. The van der Waals surface area contributed by atoms with E-state index in [1.54, 1.807) is 0 Å². The van der Waals surface area contributed by atoms with E-state index in [0.717, 1.165) is 10.0 Å². The Balaban J connectivity index is 2.19. The van der Waals surface area contributed by atoms with Crippen molar-refractivity contribution in [1.29, 1.82) is 0 Å². The van der Waals surface area contributed by atoms with Gasteiger partial charge in [0, 0.05) is 11.0 Å². The zero-order chi connectivity index (χ0) is 13.1. The topological polar surface area (TPSA) is 57.8 Å². The Bertz CT molecular complexity index is 627. The van der Waals surface area contributed by atoms with Crippen molar-refractivity contribution < 1.29 is 0 Å². The van der Waals surface area contributed by atoms with E-state index in [0.29, 0.717) is 12.2 Å². The summed E-state index contributed by atoms with van der Waals surface area (Å²) in [5.41, 5.74) is 2.42. The van der Waals surface area contributed by atoms with Crippen molar-refractivity contribution in [2.45, 2.75) is 13.5 Å². The number of anilines is 1. The SMILES string of the molecule is Cc1ccc(Br)cc1CNc1cn[nH]c(=O)c1Cl. The van der Waals surface area contributed by atoms with E-state index in [2.05, 4.69) is 31.4 Å². The molecule has 0 unspecified atom stereocenters. The minimum atomic E-state index is -0.396. The molecule has 1 heterocycles. The first kappa shape index (κ1) is 13.1. The van der Waals surface area contributed by atoms with Crippen molar-refractivity contribution >= 4 is 33.2 Å². The molecule has 0 aliphatic heterocycles. The zero-order valence-electron chi connectivity index (χ0n) is 9.63. The van der Waals surface area contributed by atoms with Crippen LogP contribution in [0.5, 0.6) is 0 Å². The molecule has 0 bridgehead atoms. The summed E-state index contributed by atoms with van der Waals surface area (Å²) in [6, 6.07) is 6.04. The largest absolute Gasteiger partial charge is 0.378 e. The first-order chi connectivity index (χ1) is 8.58. The first-order valence-electron chi connectivity index (χ1n) is 5.30. The number of hydrogen-bond acceptors (Lipinski definition) is 3. The van der Waals surface area contributed by atoms with Crippen LogP contribution in [-0.4, -0.2) is 10.2 Å². The van der Waals surface area contributed by atoms with Gasteiger partial charge in [0.1, 0.15) is 5.02 Å². The third-order valence-corrected chi connectivity index (χ3v) is 3.44. The summed E-state index contributed by atoms with van der Waals surface area (Å²) in [6.07, 6.45) is 1.50. The third kappa shape index (κ3) is 2.91. The monoisotopic (exact) mass is 327 g/mol. The van der Waals surface area contributed by atoms with Crippen LogP contribution in [0.4, 0.5) is 5.69 Å². The Kier molecular flexibility index (Phi) is 4.04. The highest BCUT2D eigenvalue weighted by molar-refractivity contribution is 9.10. The lowest BCUT2D eigenvalue weighted by Gasteiger charge is -2.09. The molecule has 1 aromatic heterocycles. The standard InChI is InChI=1S/C12H11BrClN3O/c1-7-2-3-9(13)4-8(7)5-15-10-6-16-17-12(18)11(10)14/h2-4,6H,5H2,1H3,(H2,15,17,18). The summed E-state index contributed by atoms with van der Waals surface area (Å²) in [6.45, 7) is 2.61. The highest BCUT2D eigenvalue weighted by Gasteiger charge is 2.05. The Morgan fingerprint density at radius 1 is 1.50 bits per heavy atom. The van der Waals surface area contributed by atoms with E-state index in [4.69, 9.17) is 11.6 Å². The number of aryl methyl sites for hydroxylation is 1. The molecule has 4 nitrogen and oxygen atoms in total. The number of halogens is 2. The quantitative estimate of drug-likeness (QED) is 0.910. The van der Waals surface area contributed by atoms with Gasteiger partial charge in [-0.1, -0.05) is 33.6 Å². The third-order valence-electron chi connectivity index (χ3n) is 2.58. The Labute approximate surface area is 118 Å².